The number of aromatic nitrogens is 1. The molecule has 0 amide bonds. The molecule has 13 heavy (non-hydrogen) atoms. The summed E-state index contributed by atoms with van der Waals surface area (Å²) in [6.07, 6.45) is 5.66. The fourth-order valence-corrected chi connectivity index (χ4v) is 1.85. The maximum atomic E-state index is 9.08. The Bertz CT molecular complexity index is 248. The van der Waals surface area contributed by atoms with Gasteiger partial charge in [-0.3, -0.25) is 4.90 Å². The van der Waals surface area contributed by atoms with E-state index in [9.17, 15) is 0 Å². The molecule has 72 valence electrons. The molecule has 1 fully saturated rings. The first kappa shape index (κ1) is 8.72. The van der Waals surface area contributed by atoms with E-state index in [4.69, 9.17) is 9.63 Å². The van der Waals surface area contributed by atoms with Crippen LogP contribution in [0.1, 0.15) is 18.4 Å². The molecule has 0 spiro atoms. The van der Waals surface area contributed by atoms with Crippen LogP contribution in [0.3, 0.4) is 0 Å². The summed E-state index contributed by atoms with van der Waals surface area (Å²) in [5.41, 5.74) is 1.08. The SMILES string of the molecule is OC[C@H]1CCCN1Cc1cnoc1. The average molecular weight is 182 g/mol. The van der Waals surface area contributed by atoms with Crippen LogP contribution >= 0.6 is 0 Å². The van der Waals surface area contributed by atoms with Gasteiger partial charge in [-0.25, -0.2) is 0 Å². The van der Waals surface area contributed by atoms with E-state index in [-0.39, 0.29) is 6.61 Å². The maximum Gasteiger partial charge on any atom is 0.128 e. The standard InChI is InChI=1S/C9H14N2O2/c12-6-9-2-1-3-11(9)5-8-4-10-13-7-8/h4,7,9,12H,1-3,5-6H2/t9-/m1/s1. The Morgan fingerprint density at radius 1 is 1.69 bits per heavy atom. The lowest BCUT2D eigenvalue weighted by Gasteiger charge is -2.21. The summed E-state index contributed by atoms with van der Waals surface area (Å²) in [7, 11) is 0. The summed E-state index contributed by atoms with van der Waals surface area (Å²) < 4.78 is 4.75. The van der Waals surface area contributed by atoms with Crippen LogP contribution in [0.25, 0.3) is 0 Å². The zero-order valence-corrected chi connectivity index (χ0v) is 7.52. The minimum atomic E-state index is 0.255. The van der Waals surface area contributed by atoms with Crippen LogP contribution in [-0.2, 0) is 6.54 Å². The highest BCUT2D eigenvalue weighted by Crippen LogP contribution is 2.19. The molecule has 2 rings (SSSR count). The second-order valence-corrected chi connectivity index (χ2v) is 3.48. The highest BCUT2D eigenvalue weighted by Gasteiger charge is 2.23. The first-order valence-corrected chi connectivity index (χ1v) is 4.63. The summed E-state index contributed by atoms with van der Waals surface area (Å²) in [4.78, 5) is 2.27. The Hall–Kier alpha value is -0.870. The van der Waals surface area contributed by atoms with Crippen molar-refractivity contribution < 1.29 is 9.63 Å². The molecule has 4 nitrogen and oxygen atoms in total. The van der Waals surface area contributed by atoms with Crippen molar-refractivity contribution in [2.75, 3.05) is 13.2 Å². The third-order valence-electron chi connectivity index (χ3n) is 2.58. The molecule has 1 N–H and O–H groups in total. The van der Waals surface area contributed by atoms with Crippen molar-refractivity contribution in [3.8, 4) is 0 Å². The summed E-state index contributed by atoms with van der Waals surface area (Å²) in [6, 6.07) is 0.329. The lowest BCUT2D eigenvalue weighted by atomic mass is 10.2. The topological polar surface area (TPSA) is 49.5 Å². The van der Waals surface area contributed by atoms with E-state index in [1.54, 1.807) is 12.5 Å². The minimum absolute atomic E-state index is 0.255. The van der Waals surface area contributed by atoms with Crippen LogP contribution < -0.4 is 0 Å². The van der Waals surface area contributed by atoms with Gasteiger partial charge < -0.3 is 9.63 Å². The van der Waals surface area contributed by atoms with E-state index >= 15 is 0 Å². The smallest absolute Gasteiger partial charge is 0.128 e. The highest BCUT2D eigenvalue weighted by molar-refractivity contribution is 5.01. The van der Waals surface area contributed by atoms with Crippen molar-refractivity contribution in [2.24, 2.45) is 0 Å². The van der Waals surface area contributed by atoms with Gasteiger partial charge in [0.1, 0.15) is 6.26 Å². The van der Waals surface area contributed by atoms with E-state index < -0.39 is 0 Å². The first-order valence-electron chi connectivity index (χ1n) is 4.63. The molecule has 1 aliphatic rings. The Kier molecular flexibility index (Phi) is 2.61. The Balaban J connectivity index is 1.94. The van der Waals surface area contributed by atoms with Gasteiger partial charge in [-0.1, -0.05) is 5.16 Å². The van der Waals surface area contributed by atoms with Crippen LogP contribution in [0.5, 0.6) is 0 Å². The van der Waals surface area contributed by atoms with Gasteiger partial charge in [0.15, 0.2) is 0 Å². The lowest BCUT2D eigenvalue weighted by Crippen LogP contribution is -2.31. The van der Waals surface area contributed by atoms with E-state index in [0.717, 1.165) is 25.1 Å². The zero-order chi connectivity index (χ0) is 9.10. The van der Waals surface area contributed by atoms with Gasteiger partial charge in [-0.05, 0) is 19.4 Å². The molecule has 0 radical (unpaired) electrons. The molecule has 0 aromatic carbocycles. The number of aliphatic hydroxyl groups is 1. The molecule has 1 aromatic heterocycles. The summed E-state index contributed by atoms with van der Waals surface area (Å²) in [5, 5.41) is 12.7. The van der Waals surface area contributed by atoms with Gasteiger partial charge in [-0.15, -0.1) is 0 Å². The summed E-state index contributed by atoms with van der Waals surface area (Å²) in [6.45, 7) is 2.16. The normalized spacial score (nSPS) is 23.9. The molecule has 0 bridgehead atoms. The average Bonchev–Trinajstić information content (AvgIpc) is 2.76. The van der Waals surface area contributed by atoms with Crippen molar-refractivity contribution in [1.82, 2.24) is 10.1 Å². The van der Waals surface area contributed by atoms with Crippen LogP contribution in [0.2, 0.25) is 0 Å². The van der Waals surface area contributed by atoms with Gasteiger partial charge in [-0.2, -0.15) is 0 Å². The Morgan fingerprint density at radius 2 is 2.62 bits per heavy atom. The Morgan fingerprint density at radius 3 is 3.31 bits per heavy atom. The van der Waals surface area contributed by atoms with Crippen LogP contribution in [0.15, 0.2) is 17.0 Å². The van der Waals surface area contributed by atoms with Gasteiger partial charge in [0.2, 0.25) is 0 Å². The molecule has 1 saturated heterocycles. The van der Waals surface area contributed by atoms with E-state index in [1.807, 2.05) is 0 Å². The number of nitrogens with zero attached hydrogens (tertiary/aromatic N) is 2. The Labute approximate surface area is 77.1 Å². The minimum Gasteiger partial charge on any atom is -0.395 e. The highest BCUT2D eigenvalue weighted by atomic mass is 16.5. The van der Waals surface area contributed by atoms with E-state index in [0.29, 0.717) is 6.04 Å². The number of rotatable bonds is 3. The molecule has 1 aliphatic heterocycles. The molecule has 0 unspecified atom stereocenters. The van der Waals surface area contributed by atoms with Crippen LogP contribution in [-0.4, -0.2) is 34.4 Å². The van der Waals surface area contributed by atoms with E-state index in [2.05, 4.69) is 10.1 Å². The second-order valence-electron chi connectivity index (χ2n) is 3.48. The molecule has 1 aromatic rings. The van der Waals surface area contributed by atoms with Gasteiger partial charge in [0, 0.05) is 18.2 Å². The number of hydrogen-bond donors (Lipinski definition) is 1. The predicted octanol–water partition coefficient (Wildman–Crippen LogP) is 0.631. The van der Waals surface area contributed by atoms with Crippen molar-refractivity contribution in [1.29, 1.82) is 0 Å². The van der Waals surface area contributed by atoms with Gasteiger partial charge >= 0.3 is 0 Å². The molecule has 1 atom stereocenters. The molecular formula is C9H14N2O2. The maximum absolute atomic E-state index is 9.08. The summed E-state index contributed by atoms with van der Waals surface area (Å²) in [5.74, 6) is 0. The fourth-order valence-electron chi connectivity index (χ4n) is 1.85. The largest absolute Gasteiger partial charge is 0.395 e. The quantitative estimate of drug-likeness (QED) is 0.745. The molecule has 2 heterocycles. The summed E-state index contributed by atoms with van der Waals surface area (Å²) >= 11 is 0. The van der Waals surface area contributed by atoms with Crippen molar-refractivity contribution >= 4 is 0 Å². The number of hydrogen-bond acceptors (Lipinski definition) is 4. The van der Waals surface area contributed by atoms with Crippen LogP contribution in [0.4, 0.5) is 0 Å². The van der Waals surface area contributed by atoms with Crippen molar-refractivity contribution in [3.63, 3.8) is 0 Å². The monoisotopic (exact) mass is 182 g/mol. The fraction of sp³-hybridized carbons (Fsp3) is 0.667. The lowest BCUT2D eigenvalue weighted by molar-refractivity contribution is 0.153. The van der Waals surface area contributed by atoms with Crippen molar-refractivity contribution in [2.45, 2.75) is 25.4 Å². The van der Waals surface area contributed by atoms with E-state index in [1.165, 1.54) is 6.42 Å². The molecular weight excluding hydrogens is 168 g/mol. The number of likely N-dealkylation sites (tertiary alicyclic amines) is 1. The third kappa shape index (κ3) is 1.89. The predicted molar refractivity (Wildman–Crippen MR) is 47.0 cm³/mol. The second kappa shape index (κ2) is 3.89. The molecule has 0 aliphatic carbocycles. The third-order valence-corrected chi connectivity index (χ3v) is 2.58. The molecule has 0 saturated carbocycles. The zero-order valence-electron chi connectivity index (χ0n) is 7.52. The van der Waals surface area contributed by atoms with Gasteiger partial charge in [0.25, 0.3) is 0 Å². The first-order chi connectivity index (χ1) is 6.40. The number of aliphatic hydroxyl groups excluding tert-OH is 1. The van der Waals surface area contributed by atoms with Gasteiger partial charge in [0.05, 0.1) is 12.8 Å². The van der Waals surface area contributed by atoms with Crippen molar-refractivity contribution in [3.05, 3.63) is 18.0 Å². The van der Waals surface area contributed by atoms with Crippen LogP contribution in [0, 0.1) is 0 Å². The molecule has 4 heteroatoms.